The Morgan fingerprint density at radius 3 is 1.35 bits per heavy atom. The Kier molecular flexibility index (Phi) is 4.79. The molecule has 20 heavy (non-hydrogen) atoms. The minimum absolute atomic E-state index is 0.0396. The van der Waals surface area contributed by atoms with Crippen molar-refractivity contribution in [2.75, 3.05) is 13.1 Å². The summed E-state index contributed by atoms with van der Waals surface area (Å²) in [7, 11) is 0. The molecule has 0 aromatic heterocycles. The van der Waals surface area contributed by atoms with Crippen LogP contribution in [-0.4, -0.2) is 24.7 Å². The predicted octanol–water partition coefficient (Wildman–Crippen LogP) is 2.18. The van der Waals surface area contributed by atoms with E-state index in [9.17, 15) is 9.59 Å². The van der Waals surface area contributed by atoms with Gasteiger partial charge in [-0.25, -0.2) is 0 Å². The molecule has 1 heterocycles. The highest BCUT2D eigenvalue weighted by Gasteiger charge is 2.24. The average Bonchev–Trinajstić information content (AvgIpc) is 2.29. The van der Waals surface area contributed by atoms with Gasteiger partial charge in [-0.1, -0.05) is 41.5 Å². The molecular weight excluding hydrogens is 252 g/mol. The summed E-state index contributed by atoms with van der Waals surface area (Å²) in [6.07, 6.45) is 3.18. The molecular formula is C16H26N2O2. The van der Waals surface area contributed by atoms with E-state index < -0.39 is 10.8 Å². The van der Waals surface area contributed by atoms with Crippen molar-refractivity contribution >= 4 is 11.6 Å². The third-order valence-electron chi connectivity index (χ3n) is 3.08. The third kappa shape index (κ3) is 4.51. The molecule has 0 saturated carbocycles. The normalized spacial score (nSPS) is 20.5. The van der Waals surface area contributed by atoms with Crippen LogP contribution < -0.4 is 10.6 Å². The number of allylic oxidation sites excluding steroid dienone is 2. The minimum atomic E-state index is -0.425. The second-order valence-corrected chi connectivity index (χ2v) is 7.20. The highest BCUT2D eigenvalue weighted by atomic mass is 16.1. The van der Waals surface area contributed by atoms with E-state index in [0.717, 1.165) is 13.1 Å². The van der Waals surface area contributed by atoms with Gasteiger partial charge in [-0.2, -0.15) is 0 Å². The minimum Gasteiger partial charge on any atom is -0.382 e. The van der Waals surface area contributed by atoms with Crippen molar-refractivity contribution in [3.63, 3.8) is 0 Å². The van der Waals surface area contributed by atoms with Crippen molar-refractivity contribution in [1.82, 2.24) is 10.6 Å². The molecule has 1 rings (SSSR count). The van der Waals surface area contributed by atoms with Crippen LogP contribution >= 0.6 is 0 Å². The monoisotopic (exact) mass is 278 g/mol. The molecule has 0 aromatic rings. The maximum Gasteiger partial charge on any atom is 0.163 e. The molecule has 0 radical (unpaired) electrons. The van der Waals surface area contributed by atoms with Crippen LogP contribution in [0, 0.1) is 10.8 Å². The van der Waals surface area contributed by atoms with E-state index in [1.54, 1.807) is 12.2 Å². The first-order chi connectivity index (χ1) is 9.01. The maximum atomic E-state index is 12.1. The van der Waals surface area contributed by atoms with Gasteiger partial charge in [0.2, 0.25) is 0 Å². The van der Waals surface area contributed by atoms with Crippen LogP contribution in [0.2, 0.25) is 0 Å². The Bertz CT molecular complexity index is 416. The fourth-order valence-electron chi connectivity index (χ4n) is 1.54. The van der Waals surface area contributed by atoms with E-state index in [4.69, 9.17) is 0 Å². The molecule has 0 aromatic carbocycles. The number of hydrogen-bond donors (Lipinski definition) is 2. The first-order valence-electron chi connectivity index (χ1n) is 7.02. The van der Waals surface area contributed by atoms with Crippen LogP contribution in [0.1, 0.15) is 41.5 Å². The number of carbonyl (C=O) groups is 2. The van der Waals surface area contributed by atoms with E-state index in [1.165, 1.54) is 0 Å². The molecule has 0 atom stereocenters. The molecule has 4 nitrogen and oxygen atoms in total. The van der Waals surface area contributed by atoms with E-state index >= 15 is 0 Å². The Balaban J connectivity index is 3.05. The zero-order valence-corrected chi connectivity index (χ0v) is 13.4. The van der Waals surface area contributed by atoms with Gasteiger partial charge in [-0.05, 0) is 0 Å². The first kappa shape index (κ1) is 16.5. The summed E-state index contributed by atoms with van der Waals surface area (Å²) >= 11 is 0. The first-order valence-corrected chi connectivity index (χ1v) is 7.02. The van der Waals surface area contributed by atoms with Crippen molar-refractivity contribution in [2.45, 2.75) is 41.5 Å². The molecule has 0 aliphatic carbocycles. The lowest BCUT2D eigenvalue weighted by atomic mass is 9.88. The Labute approximate surface area is 121 Å². The number of carbonyl (C=O) groups excluding carboxylic acids is 2. The van der Waals surface area contributed by atoms with Gasteiger partial charge in [-0.3, -0.25) is 9.59 Å². The summed E-state index contributed by atoms with van der Waals surface area (Å²) in [6.45, 7) is 12.8. The predicted molar refractivity (Wildman–Crippen MR) is 81.1 cm³/mol. The van der Waals surface area contributed by atoms with Crippen LogP contribution in [0.3, 0.4) is 0 Å². The number of nitrogens with one attached hydrogen (secondary N) is 2. The second kappa shape index (κ2) is 5.81. The topological polar surface area (TPSA) is 58.2 Å². The van der Waals surface area contributed by atoms with Gasteiger partial charge in [0, 0.05) is 36.1 Å². The molecule has 1 fully saturated rings. The zero-order valence-electron chi connectivity index (χ0n) is 13.4. The van der Waals surface area contributed by atoms with Gasteiger partial charge in [-0.15, -0.1) is 0 Å². The second-order valence-electron chi connectivity index (χ2n) is 7.20. The fraction of sp³-hybridized carbons (Fsp3) is 0.625. The van der Waals surface area contributed by atoms with Crippen molar-refractivity contribution in [1.29, 1.82) is 0 Å². The molecule has 1 saturated heterocycles. The van der Waals surface area contributed by atoms with Gasteiger partial charge >= 0.3 is 0 Å². The molecule has 0 amide bonds. The van der Waals surface area contributed by atoms with Gasteiger partial charge < -0.3 is 10.6 Å². The van der Waals surface area contributed by atoms with Crippen molar-refractivity contribution in [3.8, 4) is 0 Å². The molecule has 2 N–H and O–H groups in total. The van der Waals surface area contributed by atoms with E-state index in [-0.39, 0.29) is 11.6 Å². The molecule has 0 bridgehead atoms. The summed E-state index contributed by atoms with van der Waals surface area (Å²) in [5.74, 6) is 0.0793. The van der Waals surface area contributed by atoms with Crippen LogP contribution in [0.15, 0.2) is 23.5 Å². The highest BCUT2D eigenvalue weighted by molar-refractivity contribution is 5.97. The quantitative estimate of drug-likeness (QED) is 0.760. The molecule has 0 unspecified atom stereocenters. The summed E-state index contributed by atoms with van der Waals surface area (Å²) < 4.78 is 0. The number of hydrogen-bond acceptors (Lipinski definition) is 4. The van der Waals surface area contributed by atoms with Gasteiger partial charge in [0.15, 0.2) is 11.6 Å². The van der Waals surface area contributed by atoms with Crippen LogP contribution in [-0.2, 0) is 9.59 Å². The van der Waals surface area contributed by atoms with E-state index in [1.807, 2.05) is 41.5 Å². The SMILES string of the molecule is CC(C)(C)C(=O)C=C1NCCNC1=CC(=O)C(C)(C)C. The van der Waals surface area contributed by atoms with Crippen molar-refractivity contribution < 1.29 is 9.59 Å². The lowest BCUT2D eigenvalue weighted by Crippen LogP contribution is -2.38. The van der Waals surface area contributed by atoms with Gasteiger partial charge in [0.1, 0.15) is 0 Å². The lowest BCUT2D eigenvalue weighted by molar-refractivity contribution is -0.122. The molecule has 1 aliphatic heterocycles. The van der Waals surface area contributed by atoms with Crippen LogP contribution in [0.4, 0.5) is 0 Å². The van der Waals surface area contributed by atoms with Crippen molar-refractivity contribution in [3.05, 3.63) is 23.5 Å². The number of piperazine rings is 1. The van der Waals surface area contributed by atoms with E-state index in [0.29, 0.717) is 11.4 Å². The summed E-state index contributed by atoms with van der Waals surface area (Å²) in [4.78, 5) is 24.2. The van der Waals surface area contributed by atoms with Crippen LogP contribution in [0.5, 0.6) is 0 Å². The zero-order chi connectivity index (χ0) is 15.6. The maximum absolute atomic E-state index is 12.1. The number of rotatable bonds is 2. The van der Waals surface area contributed by atoms with Crippen molar-refractivity contribution in [2.24, 2.45) is 10.8 Å². The lowest BCUT2D eigenvalue weighted by Gasteiger charge is -2.25. The average molecular weight is 278 g/mol. The van der Waals surface area contributed by atoms with Gasteiger partial charge in [0.05, 0.1) is 11.4 Å². The smallest absolute Gasteiger partial charge is 0.163 e. The summed E-state index contributed by atoms with van der Waals surface area (Å²) in [6, 6.07) is 0. The Morgan fingerprint density at radius 1 is 0.800 bits per heavy atom. The summed E-state index contributed by atoms with van der Waals surface area (Å²) in [5.41, 5.74) is 0.554. The third-order valence-corrected chi connectivity index (χ3v) is 3.08. The fourth-order valence-corrected chi connectivity index (χ4v) is 1.54. The Hall–Kier alpha value is -1.58. The van der Waals surface area contributed by atoms with Crippen LogP contribution in [0.25, 0.3) is 0 Å². The van der Waals surface area contributed by atoms with E-state index in [2.05, 4.69) is 10.6 Å². The Morgan fingerprint density at radius 2 is 1.10 bits per heavy atom. The molecule has 1 aliphatic rings. The highest BCUT2D eigenvalue weighted by Crippen LogP contribution is 2.20. The molecule has 0 spiro atoms. The standard InChI is InChI=1S/C16H26N2O2/c1-15(2,3)13(19)9-11-12(18-8-7-17-11)10-14(20)16(4,5)6/h9-10,17-18H,7-8H2,1-6H3. The molecule has 112 valence electrons. The summed E-state index contributed by atoms with van der Waals surface area (Å²) in [5, 5.41) is 6.37. The number of ketones is 2. The molecule has 4 heteroatoms. The largest absolute Gasteiger partial charge is 0.382 e. The van der Waals surface area contributed by atoms with Gasteiger partial charge in [0.25, 0.3) is 0 Å².